The molecule has 0 unspecified atom stereocenters. The summed E-state index contributed by atoms with van der Waals surface area (Å²) in [6.07, 6.45) is 6.98. The van der Waals surface area contributed by atoms with Crippen molar-refractivity contribution in [3.05, 3.63) is 43.1 Å². The molecule has 1 aromatic carbocycles. The van der Waals surface area contributed by atoms with Crippen LogP contribution >= 0.6 is 0 Å². The number of rotatable bonds is 3. The first-order chi connectivity index (χ1) is 11.6. The van der Waals surface area contributed by atoms with Gasteiger partial charge in [0.1, 0.15) is 6.26 Å². The van der Waals surface area contributed by atoms with E-state index >= 15 is 0 Å². The molecule has 3 aromatic rings. The summed E-state index contributed by atoms with van der Waals surface area (Å²) in [5, 5.41) is 5.08. The third-order valence-electron chi connectivity index (χ3n) is 4.29. The molecule has 2 N–H and O–H groups in total. The van der Waals surface area contributed by atoms with E-state index in [1.54, 1.807) is 30.7 Å². The van der Waals surface area contributed by atoms with Gasteiger partial charge in [0.2, 0.25) is 10.0 Å². The van der Waals surface area contributed by atoms with Crippen LogP contribution in [0.4, 0.5) is 0 Å². The van der Waals surface area contributed by atoms with Crippen LogP contribution in [0.25, 0.3) is 21.9 Å². The number of hydrogen-bond acceptors (Lipinski definition) is 6. The summed E-state index contributed by atoms with van der Waals surface area (Å²) in [5.74, 6) is 0. The first kappa shape index (κ1) is 15.3. The molecule has 1 saturated heterocycles. The van der Waals surface area contributed by atoms with E-state index < -0.39 is 10.0 Å². The van der Waals surface area contributed by atoms with Crippen LogP contribution in [0.2, 0.25) is 0 Å². The standard InChI is InChI=1S/C16H16N4O3S/c17-13-4-5-20(9-13)24(21,22)15-3-1-2-11-6-18-8-14(16(11)15)12-7-19-23-10-12/h1-3,6-8,10,13H,4-5,9,17H2/t13-/m1/s1. The minimum Gasteiger partial charge on any atom is -0.364 e. The number of benzene rings is 1. The molecule has 124 valence electrons. The molecule has 8 heteroatoms. The Morgan fingerprint density at radius 3 is 2.83 bits per heavy atom. The summed E-state index contributed by atoms with van der Waals surface area (Å²) < 4.78 is 32.6. The fourth-order valence-electron chi connectivity index (χ4n) is 3.08. The van der Waals surface area contributed by atoms with Gasteiger partial charge in [-0.15, -0.1) is 0 Å². The molecule has 4 rings (SSSR count). The first-order valence-corrected chi connectivity index (χ1v) is 9.03. The molecule has 0 bridgehead atoms. The largest absolute Gasteiger partial charge is 0.364 e. The Hall–Kier alpha value is -2.29. The Balaban J connectivity index is 1.96. The molecule has 2 aromatic heterocycles. The lowest BCUT2D eigenvalue weighted by molar-refractivity contribution is 0.420. The molecule has 1 atom stereocenters. The van der Waals surface area contributed by atoms with Crippen LogP contribution in [-0.2, 0) is 10.0 Å². The van der Waals surface area contributed by atoms with Crippen molar-refractivity contribution in [3.8, 4) is 11.1 Å². The highest BCUT2D eigenvalue weighted by Gasteiger charge is 2.32. The van der Waals surface area contributed by atoms with E-state index in [1.807, 2.05) is 6.07 Å². The van der Waals surface area contributed by atoms with E-state index in [1.165, 1.54) is 10.6 Å². The van der Waals surface area contributed by atoms with Crippen LogP contribution in [0, 0.1) is 0 Å². The summed E-state index contributed by atoms with van der Waals surface area (Å²) >= 11 is 0. The smallest absolute Gasteiger partial charge is 0.243 e. The number of sulfonamides is 1. The van der Waals surface area contributed by atoms with Crippen LogP contribution in [0.1, 0.15) is 6.42 Å². The first-order valence-electron chi connectivity index (χ1n) is 7.59. The van der Waals surface area contributed by atoms with Crippen molar-refractivity contribution in [2.24, 2.45) is 5.73 Å². The zero-order chi connectivity index (χ0) is 16.7. The zero-order valence-electron chi connectivity index (χ0n) is 12.8. The van der Waals surface area contributed by atoms with E-state index in [4.69, 9.17) is 10.3 Å². The minimum absolute atomic E-state index is 0.117. The zero-order valence-corrected chi connectivity index (χ0v) is 13.6. The lowest BCUT2D eigenvalue weighted by atomic mass is 10.0. The highest BCUT2D eigenvalue weighted by molar-refractivity contribution is 7.89. The van der Waals surface area contributed by atoms with Crippen molar-refractivity contribution in [1.29, 1.82) is 0 Å². The molecule has 0 amide bonds. The van der Waals surface area contributed by atoms with Gasteiger partial charge in [-0.3, -0.25) is 4.98 Å². The fraction of sp³-hybridized carbons (Fsp3) is 0.250. The normalized spacial score (nSPS) is 19.1. The Kier molecular flexibility index (Phi) is 3.60. The van der Waals surface area contributed by atoms with Gasteiger partial charge in [0.15, 0.2) is 0 Å². The Morgan fingerprint density at radius 2 is 2.12 bits per heavy atom. The average Bonchev–Trinajstić information content (AvgIpc) is 3.25. The van der Waals surface area contributed by atoms with Crippen LogP contribution in [0.3, 0.4) is 0 Å². The second-order valence-electron chi connectivity index (χ2n) is 5.87. The molecule has 1 aliphatic heterocycles. The van der Waals surface area contributed by atoms with Gasteiger partial charge in [-0.2, -0.15) is 4.31 Å². The van der Waals surface area contributed by atoms with Crippen LogP contribution < -0.4 is 5.73 Å². The topological polar surface area (TPSA) is 102 Å². The summed E-state index contributed by atoms with van der Waals surface area (Å²) in [6, 6.07) is 5.07. The fourth-order valence-corrected chi connectivity index (χ4v) is 4.83. The number of aromatic nitrogens is 2. The van der Waals surface area contributed by atoms with Gasteiger partial charge in [-0.25, -0.2) is 8.42 Å². The molecule has 1 fully saturated rings. The van der Waals surface area contributed by atoms with Gasteiger partial charge in [0.25, 0.3) is 0 Å². The molecule has 24 heavy (non-hydrogen) atoms. The molecule has 1 aliphatic rings. The predicted molar refractivity (Wildman–Crippen MR) is 88.6 cm³/mol. The van der Waals surface area contributed by atoms with Crippen LogP contribution in [-0.4, -0.2) is 42.0 Å². The lowest BCUT2D eigenvalue weighted by Crippen LogP contribution is -2.32. The average molecular weight is 344 g/mol. The third kappa shape index (κ3) is 2.39. The molecule has 7 nitrogen and oxygen atoms in total. The lowest BCUT2D eigenvalue weighted by Gasteiger charge is -2.18. The van der Waals surface area contributed by atoms with E-state index in [0.29, 0.717) is 36.0 Å². The van der Waals surface area contributed by atoms with Gasteiger partial charge in [-0.05, 0) is 12.5 Å². The second-order valence-corrected chi connectivity index (χ2v) is 7.77. The molecular weight excluding hydrogens is 328 g/mol. The quantitative estimate of drug-likeness (QED) is 0.774. The molecule has 0 radical (unpaired) electrons. The van der Waals surface area contributed by atoms with Crippen molar-refractivity contribution in [2.45, 2.75) is 17.4 Å². The predicted octanol–water partition coefficient (Wildman–Crippen LogP) is 1.61. The maximum absolute atomic E-state index is 13.1. The summed E-state index contributed by atoms with van der Waals surface area (Å²) in [6.45, 7) is 0.778. The number of fused-ring (bicyclic) bond motifs is 1. The van der Waals surface area contributed by atoms with Gasteiger partial charge >= 0.3 is 0 Å². The Labute approximate surface area is 139 Å². The summed E-state index contributed by atoms with van der Waals surface area (Å²) in [7, 11) is -3.64. The number of nitrogens with two attached hydrogens (primary N) is 1. The maximum atomic E-state index is 13.1. The highest BCUT2D eigenvalue weighted by atomic mass is 32.2. The minimum atomic E-state index is -3.64. The summed E-state index contributed by atoms with van der Waals surface area (Å²) in [5.41, 5.74) is 7.25. The SMILES string of the molecule is N[C@@H]1CCN(S(=O)(=O)c2cccc3cncc(-c4cnoc4)c23)C1. The summed E-state index contributed by atoms with van der Waals surface area (Å²) in [4.78, 5) is 4.46. The molecular formula is C16H16N4O3S. The molecule has 0 saturated carbocycles. The highest BCUT2D eigenvalue weighted by Crippen LogP contribution is 2.34. The van der Waals surface area contributed by atoms with E-state index in [2.05, 4.69) is 10.1 Å². The second kappa shape index (κ2) is 5.66. The Morgan fingerprint density at radius 1 is 1.25 bits per heavy atom. The monoisotopic (exact) mass is 344 g/mol. The molecule has 3 heterocycles. The Bertz CT molecular complexity index is 980. The van der Waals surface area contributed by atoms with Crippen molar-refractivity contribution >= 4 is 20.8 Å². The van der Waals surface area contributed by atoms with Crippen molar-refractivity contribution in [1.82, 2.24) is 14.4 Å². The number of nitrogens with zero attached hydrogens (tertiary/aromatic N) is 3. The van der Waals surface area contributed by atoms with Crippen molar-refractivity contribution in [3.63, 3.8) is 0 Å². The van der Waals surface area contributed by atoms with Gasteiger partial charge < -0.3 is 10.3 Å². The van der Waals surface area contributed by atoms with E-state index in [0.717, 1.165) is 5.39 Å². The van der Waals surface area contributed by atoms with Crippen molar-refractivity contribution in [2.75, 3.05) is 13.1 Å². The van der Waals surface area contributed by atoms with E-state index in [9.17, 15) is 8.42 Å². The van der Waals surface area contributed by atoms with Gasteiger partial charge in [0, 0.05) is 53.4 Å². The van der Waals surface area contributed by atoms with Crippen molar-refractivity contribution < 1.29 is 12.9 Å². The van der Waals surface area contributed by atoms with Crippen LogP contribution in [0.15, 0.2) is 52.5 Å². The number of pyridine rings is 1. The molecule has 0 spiro atoms. The molecule has 0 aliphatic carbocycles. The maximum Gasteiger partial charge on any atom is 0.243 e. The van der Waals surface area contributed by atoms with E-state index in [-0.39, 0.29) is 10.9 Å². The third-order valence-corrected chi connectivity index (χ3v) is 6.20. The van der Waals surface area contributed by atoms with Gasteiger partial charge in [0.05, 0.1) is 11.1 Å². The number of hydrogen-bond donors (Lipinski definition) is 1. The van der Waals surface area contributed by atoms with Gasteiger partial charge in [-0.1, -0.05) is 17.3 Å². The van der Waals surface area contributed by atoms with Crippen LogP contribution in [0.5, 0.6) is 0 Å².